The van der Waals surface area contributed by atoms with Gasteiger partial charge in [0.25, 0.3) is 11.8 Å². The van der Waals surface area contributed by atoms with Crippen molar-refractivity contribution in [2.24, 2.45) is 0 Å². The highest BCUT2D eigenvalue weighted by molar-refractivity contribution is 5.91. The van der Waals surface area contributed by atoms with Crippen LogP contribution >= 0.6 is 0 Å². The monoisotopic (exact) mass is 329 g/mol. The van der Waals surface area contributed by atoms with E-state index in [-0.39, 0.29) is 17.7 Å². The molecule has 0 unspecified atom stereocenters. The van der Waals surface area contributed by atoms with Gasteiger partial charge in [0.2, 0.25) is 5.76 Å². The number of carbonyl (C=O) groups is 1. The molecule has 1 fully saturated rings. The van der Waals surface area contributed by atoms with E-state index in [0.717, 1.165) is 31.5 Å². The zero-order chi connectivity index (χ0) is 16.9. The number of carbonyl (C=O) groups excluding carboxylic acids is 1. The Kier molecular flexibility index (Phi) is 5.15. The fourth-order valence-electron chi connectivity index (χ4n) is 2.88. The summed E-state index contributed by atoms with van der Waals surface area (Å²) >= 11 is 0. The first-order valence-corrected chi connectivity index (χ1v) is 8.22. The van der Waals surface area contributed by atoms with Crippen LogP contribution in [0.5, 0.6) is 5.88 Å². The number of aromatic nitrogens is 1. The summed E-state index contributed by atoms with van der Waals surface area (Å²) in [6.45, 7) is 2.40. The molecule has 1 aliphatic heterocycles. The minimum Gasteiger partial charge on any atom is -0.471 e. The van der Waals surface area contributed by atoms with Gasteiger partial charge in [0.05, 0.1) is 6.07 Å². The van der Waals surface area contributed by atoms with Crippen LogP contribution < -0.4 is 4.74 Å². The molecule has 2 aromatic rings. The third-order valence-electron chi connectivity index (χ3n) is 4.49. The first kappa shape index (κ1) is 16.5. The highest BCUT2D eigenvalue weighted by Crippen LogP contribution is 2.19. The Morgan fingerprint density at radius 3 is 2.75 bits per heavy atom. The molecule has 0 bridgehead atoms. The summed E-state index contributed by atoms with van der Waals surface area (Å²) < 4.78 is 10.8. The van der Waals surface area contributed by atoms with Crippen LogP contribution in [0.4, 0.5) is 0 Å². The molecule has 1 aromatic heterocycles. The third kappa shape index (κ3) is 3.94. The van der Waals surface area contributed by atoms with Crippen molar-refractivity contribution in [3.63, 3.8) is 0 Å². The minimum atomic E-state index is -0.147. The minimum absolute atomic E-state index is 0.147. The maximum atomic E-state index is 12.5. The largest absolute Gasteiger partial charge is 0.471 e. The number of likely N-dealkylation sites (tertiary alicyclic amines) is 1. The molecule has 0 radical (unpaired) electrons. The van der Waals surface area contributed by atoms with Gasteiger partial charge < -0.3 is 19.1 Å². The Morgan fingerprint density at radius 2 is 2.04 bits per heavy atom. The summed E-state index contributed by atoms with van der Waals surface area (Å²) in [5, 5.41) is 3.84. The smallest absolute Gasteiger partial charge is 0.292 e. The highest BCUT2D eigenvalue weighted by atomic mass is 16.5. The predicted molar refractivity (Wildman–Crippen MR) is 89.9 cm³/mol. The number of amides is 1. The molecule has 1 aromatic carbocycles. The number of hydrogen-bond donors (Lipinski definition) is 0. The summed E-state index contributed by atoms with van der Waals surface area (Å²) in [7, 11) is 3.93. The fourth-order valence-corrected chi connectivity index (χ4v) is 2.88. The Bertz CT molecular complexity index is 663. The van der Waals surface area contributed by atoms with E-state index in [4.69, 9.17) is 9.26 Å². The van der Waals surface area contributed by atoms with E-state index in [1.807, 2.05) is 37.4 Å². The van der Waals surface area contributed by atoms with Gasteiger partial charge in [-0.05, 0) is 43.7 Å². The molecule has 0 aliphatic carbocycles. The van der Waals surface area contributed by atoms with Gasteiger partial charge in [0.15, 0.2) is 0 Å². The number of ether oxygens (including phenoxy) is 1. The van der Waals surface area contributed by atoms with Gasteiger partial charge in [0.1, 0.15) is 6.61 Å². The Hall–Kier alpha value is -2.34. The average molecular weight is 329 g/mol. The van der Waals surface area contributed by atoms with Gasteiger partial charge in [-0.1, -0.05) is 30.3 Å². The molecule has 0 N–H and O–H groups in total. The normalized spacial score (nSPS) is 16.1. The second-order valence-electron chi connectivity index (χ2n) is 6.25. The van der Waals surface area contributed by atoms with Gasteiger partial charge >= 0.3 is 0 Å². The van der Waals surface area contributed by atoms with Crippen LogP contribution in [-0.4, -0.2) is 54.1 Å². The van der Waals surface area contributed by atoms with Crippen molar-refractivity contribution in [2.75, 3.05) is 27.2 Å². The van der Waals surface area contributed by atoms with Gasteiger partial charge in [-0.25, -0.2) is 0 Å². The molecule has 1 saturated heterocycles. The molecule has 0 saturated carbocycles. The first-order valence-electron chi connectivity index (χ1n) is 8.22. The van der Waals surface area contributed by atoms with Crippen molar-refractivity contribution in [3.05, 3.63) is 47.7 Å². The van der Waals surface area contributed by atoms with Crippen molar-refractivity contribution in [3.8, 4) is 5.88 Å². The molecule has 1 aliphatic rings. The molecule has 1 amide bonds. The first-order chi connectivity index (χ1) is 11.6. The third-order valence-corrected chi connectivity index (χ3v) is 4.49. The van der Waals surface area contributed by atoms with E-state index >= 15 is 0 Å². The number of benzene rings is 1. The maximum Gasteiger partial charge on any atom is 0.292 e. The maximum absolute atomic E-state index is 12.5. The van der Waals surface area contributed by atoms with Crippen molar-refractivity contribution in [2.45, 2.75) is 25.5 Å². The van der Waals surface area contributed by atoms with Crippen LogP contribution in [0, 0.1) is 0 Å². The highest BCUT2D eigenvalue weighted by Gasteiger charge is 2.27. The lowest BCUT2D eigenvalue weighted by Crippen LogP contribution is -2.44. The van der Waals surface area contributed by atoms with Gasteiger partial charge in [-0.3, -0.25) is 4.79 Å². The molecule has 6 heteroatoms. The number of rotatable bonds is 5. The van der Waals surface area contributed by atoms with Crippen molar-refractivity contribution in [1.29, 1.82) is 0 Å². The molecule has 128 valence electrons. The van der Waals surface area contributed by atoms with Crippen molar-refractivity contribution in [1.82, 2.24) is 15.0 Å². The average Bonchev–Trinajstić information content (AvgIpc) is 3.09. The van der Waals surface area contributed by atoms with E-state index in [9.17, 15) is 4.79 Å². The zero-order valence-corrected chi connectivity index (χ0v) is 14.1. The summed E-state index contributed by atoms with van der Waals surface area (Å²) in [6.07, 6.45) is 1.95. The van der Waals surface area contributed by atoms with Crippen molar-refractivity contribution >= 4 is 5.91 Å². The second-order valence-corrected chi connectivity index (χ2v) is 6.25. The number of nitrogens with zero attached hydrogens (tertiary/aromatic N) is 3. The van der Waals surface area contributed by atoms with Gasteiger partial charge in [-0.2, -0.15) is 0 Å². The SMILES string of the molecule is CN1CCC(N(C)C(=O)c2cc(OCc3ccccc3)no2)CC1. The molecule has 2 heterocycles. The molecule has 0 atom stereocenters. The topological polar surface area (TPSA) is 58.8 Å². The van der Waals surface area contributed by atoms with E-state index < -0.39 is 0 Å². The Morgan fingerprint density at radius 1 is 1.33 bits per heavy atom. The van der Waals surface area contributed by atoms with Crippen LogP contribution in [0.15, 0.2) is 40.9 Å². The lowest BCUT2D eigenvalue weighted by atomic mass is 10.0. The lowest BCUT2D eigenvalue weighted by molar-refractivity contribution is 0.0618. The van der Waals surface area contributed by atoms with E-state index in [1.54, 1.807) is 11.0 Å². The van der Waals surface area contributed by atoms with Crippen molar-refractivity contribution < 1.29 is 14.1 Å². The van der Waals surface area contributed by atoms with Gasteiger partial charge in [-0.15, -0.1) is 0 Å². The van der Waals surface area contributed by atoms with E-state index in [1.165, 1.54) is 0 Å². The molecule has 24 heavy (non-hydrogen) atoms. The standard InChI is InChI=1S/C18H23N3O3/c1-20-10-8-15(9-11-20)21(2)18(22)16-12-17(19-24-16)23-13-14-6-4-3-5-7-14/h3-7,12,15H,8-11,13H2,1-2H3. The Balaban J connectivity index is 1.57. The summed E-state index contributed by atoms with van der Waals surface area (Å²) in [6, 6.07) is 11.6. The number of hydrogen-bond acceptors (Lipinski definition) is 5. The predicted octanol–water partition coefficient (Wildman–Crippen LogP) is 2.42. The molecular weight excluding hydrogens is 306 g/mol. The summed E-state index contributed by atoms with van der Waals surface area (Å²) in [4.78, 5) is 16.6. The molecule has 3 rings (SSSR count). The van der Waals surface area contributed by atoms with Crippen LogP contribution in [-0.2, 0) is 6.61 Å². The molecule has 6 nitrogen and oxygen atoms in total. The summed E-state index contributed by atoms with van der Waals surface area (Å²) in [5.41, 5.74) is 1.04. The molecular formula is C18H23N3O3. The quantitative estimate of drug-likeness (QED) is 0.843. The fraction of sp³-hybridized carbons (Fsp3) is 0.444. The van der Waals surface area contributed by atoms with Gasteiger partial charge in [0, 0.05) is 13.1 Å². The second kappa shape index (κ2) is 7.49. The zero-order valence-electron chi connectivity index (χ0n) is 14.1. The summed E-state index contributed by atoms with van der Waals surface area (Å²) in [5.74, 6) is 0.407. The number of piperidine rings is 1. The lowest BCUT2D eigenvalue weighted by Gasteiger charge is -2.34. The van der Waals surface area contributed by atoms with Crippen LogP contribution in [0.1, 0.15) is 29.0 Å². The van der Waals surface area contributed by atoms with E-state index in [2.05, 4.69) is 17.1 Å². The Labute approximate surface area is 142 Å². The van der Waals surface area contributed by atoms with Crippen LogP contribution in [0.25, 0.3) is 0 Å². The van der Waals surface area contributed by atoms with Crippen LogP contribution in [0.2, 0.25) is 0 Å². The van der Waals surface area contributed by atoms with E-state index in [0.29, 0.717) is 12.5 Å². The molecule has 0 spiro atoms. The van der Waals surface area contributed by atoms with Crippen LogP contribution in [0.3, 0.4) is 0 Å².